The van der Waals surface area contributed by atoms with Crippen molar-refractivity contribution in [3.05, 3.63) is 0 Å². The maximum atomic E-state index is 10.5. The van der Waals surface area contributed by atoms with Crippen LogP contribution in [-0.2, 0) is 4.79 Å². The molecule has 12 heavy (non-hydrogen) atoms. The highest BCUT2D eigenvalue weighted by atomic mass is 16.3. The van der Waals surface area contributed by atoms with Gasteiger partial charge in [-0.05, 0) is 6.42 Å². The van der Waals surface area contributed by atoms with Gasteiger partial charge >= 0.3 is 0 Å². The topological polar surface area (TPSA) is 86.8 Å². The molecule has 1 aliphatic heterocycles. The van der Waals surface area contributed by atoms with E-state index in [9.17, 15) is 9.90 Å². The van der Waals surface area contributed by atoms with Crippen LogP contribution in [0.2, 0.25) is 0 Å². The molecule has 0 radical (unpaired) electrons. The number of carbonyl (C=O) groups is 1. The zero-order valence-electron chi connectivity index (χ0n) is 6.81. The van der Waals surface area contributed by atoms with E-state index in [2.05, 4.69) is 0 Å². The van der Waals surface area contributed by atoms with Crippen LogP contribution >= 0.6 is 0 Å². The molecule has 1 saturated heterocycles. The fraction of sp³-hybridized carbons (Fsp3) is 0.857. The van der Waals surface area contributed by atoms with E-state index in [4.69, 9.17) is 10.8 Å². The molecule has 0 aromatic carbocycles. The summed E-state index contributed by atoms with van der Waals surface area (Å²) in [5.41, 5.74) is 4.99. The Morgan fingerprint density at radius 3 is 2.83 bits per heavy atom. The maximum absolute atomic E-state index is 10.5. The molecule has 4 N–H and O–H groups in total. The molecule has 5 nitrogen and oxygen atoms in total. The largest absolute Gasteiger partial charge is 0.395 e. The van der Waals surface area contributed by atoms with E-state index in [-0.39, 0.29) is 19.2 Å². The van der Waals surface area contributed by atoms with Gasteiger partial charge in [-0.1, -0.05) is 0 Å². The first kappa shape index (κ1) is 9.44. The van der Waals surface area contributed by atoms with Crippen LogP contribution in [0.25, 0.3) is 0 Å². The summed E-state index contributed by atoms with van der Waals surface area (Å²) in [5, 5.41) is 18.1. The summed E-state index contributed by atoms with van der Waals surface area (Å²) in [6.45, 7) is 0.501. The highest BCUT2D eigenvalue weighted by molar-refractivity contribution is 5.76. The number of primary amides is 1. The highest BCUT2D eigenvalue weighted by Crippen LogP contribution is 2.16. The minimum Gasteiger partial charge on any atom is -0.395 e. The Morgan fingerprint density at radius 2 is 2.33 bits per heavy atom. The summed E-state index contributed by atoms with van der Waals surface area (Å²) < 4.78 is 0. The third-order valence-electron chi connectivity index (χ3n) is 2.08. The third-order valence-corrected chi connectivity index (χ3v) is 2.08. The van der Waals surface area contributed by atoms with Crippen LogP contribution in [0.15, 0.2) is 0 Å². The van der Waals surface area contributed by atoms with Crippen molar-refractivity contribution in [2.45, 2.75) is 18.6 Å². The number of β-amino-alcohol motifs (C(OH)–C–C–N with tert-alkyl or cyclic N) is 1. The smallest absolute Gasteiger partial charge is 0.231 e. The molecular formula is C7H14N2O3. The van der Waals surface area contributed by atoms with Crippen LogP contribution in [-0.4, -0.2) is 52.9 Å². The molecule has 0 aromatic rings. The summed E-state index contributed by atoms with van der Waals surface area (Å²) in [6, 6.07) is -0.118. The van der Waals surface area contributed by atoms with Crippen molar-refractivity contribution < 1.29 is 15.0 Å². The predicted octanol–water partition coefficient (Wildman–Crippen LogP) is -2.10. The van der Waals surface area contributed by atoms with Gasteiger partial charge in [0.15, 0.2) is 0 Å². The van der Waals surface area contributed by atoms with Crippen molar-refractivity contribution in [1.29, 1.82) is 0 Å². The SMILES string of the molecule is NC(=O)CN1CC(O)CC1CO. The lowest BCUT2D eigenvalue weighted by Gasteiger charge is -2.19. The van der Waals surface area contributed by atoms with Crippen LogP contribution in [0.5, 0.6) is 0 Å². The van der Waals surface area contributed by atoms with Gasteiger partial charge in [0.05, 0.1) is 19.3 Å². The number of rotatable bonds is 3. The summed E-state index contributed by atoms with van der Waals surface area (Å²) in [5.74, 6) is -0.428. The van der Waals surface area contributed by atoms with Gasteiger partial charge in [-0.2, -0.15) is 0 Å². The number of aliphatic hydroxyl groups excluding tert-OH is 2. The molecule has 70 valence electrons. The van der Waals surface area contributed by atoms with Gasteiger partial charge in [0.25, 0.3) is 0 Å². The molecule has 2 atom stereocenters. The number of amides is 1. The van der Waals surface area contributed by atoms with Crippen molar-refractivity contribution in [3.8, 4) is 0 Å². The Morgan fingerprint density at radius 1 is 1.67 bits per heavy atom. The second-order valence-corrected chi connectivity index (χ2v) is 3.12. The van der Waals surface area contributed by atoms with Crippen molar-refractivity contribution in [1.82, 2.24) is 4.90 Å². The van der Waals surface area contributed by atoms with Crippen LogP contribution in [0, 0.1) is 0 Å². The fourth-order valence-electron chi connectivity index (χ4n) is 1.54. The minimum atomic E-state index is -0.443. The van der Waals surface area contributed by atoms with Gasteiger partial charge in [-0.15, -0.1) is 0 Å². The van der Waals surface area contributed by atoms with E-state index < -0.39 is 12.0 Å². The van der Waals surface area contributed by atoms with Gasteiger partial charge in [-0.3, -0.25) is 9.69 Å². The van der Waals surface area contributed by atoms with Crippen molar-refractivity contribution in [2.75, 3.05) is 19.7 Å². The molecule has 1 fully saturated rings. The third kappa shape index (κ3) is 2.17. The van der Waals surface area contributed by atoms with E-state index in [0.29, 0.717) is 13.0 Å². The maximum Gasteiger partial charge on any atom is 0.231 e. The lowest BCUT2D eigenvalue weighted by Crippen LogP contribution is -2.39. The molecule has 0 spiro atoms. The molecule has 1 aliphatic rings. The molecule has 0 bridgehead atoms. The van der Waals surface area contributed by atoms with Gasteiger partial charge < -0.3 is 15.9 Å². The zero-order valence-corrected chi connectivity index (χ0v) is 6.81. The lowest BCUT2D eigenvalue weighted by molar-refractivity contribution is -0.119. The predicted molar refractivity (Wildman–Crippen MR) is 42.3 cm³/mol. The Kier molecular flexibility index (Phi) is 3.02. The Labute approximate surface area is 70.8 Å². The molecular weight excluding hydrogens is 160 g/mol. The quantitative estimate of drug-likeness (QED) is 0.457. The van der Waals surface area contributed by atoms with Gasteiger partial charge in [0.1, 0.15) is 0 Å². The number of carbonyl (C=O) groups excluding carboxylic acids is 1. The number of nitrogens with zero attached hydrogens (tertiary/aromatic N) is 1. The zero-order chi connectivity index (χ0) is 9.14. The molecule has 1 rings (SSSR count). The van der Waals surface area contributed by atoms with E-state index in [1.807, 2.05) is 0 Å². The highest BCUT2D eigenvalue weighted by Gasteiger charge is 2.30. The first-order valence-electron chi connectivity index (χ1n) is 3.94. The van der Waals surface area contributed by atoms with Crippen LogP contribution in [0.3, 0.4) is 0 Å². The normalized spacial score (nSPS) is 30.8. The number of likely N-dealkylation sites (tertiary alicyclic amines) is 1. The lowest BCUT2D eigenvalue weighted by atomic mass is 10.2. The van der Waals surface area contributed by atoms with E-state index in [0.717, 1.165) is 0 Å². The Hall–Kier alpha value is -0.650. The number of hydrogen-bond acceptors (Lipinski definition) is 4. The van der Waals surface area contributed by atoms with Crippen LogP contribution < -0.4 is 5.73 Å². The second kappa shape index (κ2) is 3.84. The summed E-state index contributed by atoms with van der Waals surface area (Å²) in [7, 11) is 0. The van der Waals surface area contributed by atoms with Gasteiger partial charge in [-0.25, -0.2) is 0 Å². The van der Waals surface area contributed by atoms with E-state index in [1.165, 1.54) is 0 Å². The molecule has 0 saturated carbocycles. The van der Waals surface area contributed by atoms with Crippen LogP contribution in [0.1, 0.15) is 6.42 Å². The van der Waals surface area contributed by atoms with Gasteiger partial charge in [0, 0.05) is 12.6 Å². The monoisotopic (exact) mass is 174 g/mol. The average Bonchev–Trinajstić information content (AvgIpc) is 2.29. The van der Waals surface area contributed by atoms with Gasteiger partial charge in [0.2, 0.25) is 5.91 Å². The van der Waals surface area contributed by atoms with Crippen molar-refractivity contribution >= 4 is 5.91 Å². The fourth-order valence-corrected chi connectivity index (χ4v) is 1.54. The van der Waals surface area contributed by atoms with E-state index >= 15 is 0 Å². The Balaban J connectivity index is 2.46. The summed E-state index contributed by atoms with van der Waals surface area (Å²) in [4.78, 5) is 12.2. The van der Waals surface area contributed by atoms with Crippen molar-refractivity contribution in [2.24, 2.45) is 5.73 Å². The molecule has 5 heteroatoms. The van der Waals surface area contributed by atoms with E-state index in [1.54, 1.807) is 4.90 Å². The minimum absolute atomic E-state index is 0.0374. The Bertz CT molecular complexity index is 174. The van der Waals surface area contributed by atoms with Crippen LogP contribution in [0.4, 0.5) is 0 Å². The second-order valence-electron chi connectivity index (χ2n) is 3.12. The first-order chi connectivity index (χ1) is 5.63. The number of nitrogens with two attached hydrogens (primary N) is 1. The summed E-state index contributed by atoms with van der Waals surface area (Å²) in [6.07, 6.45) is 0.0746. The number of aliphatic hydroxyl groups is 2. The average molecular weight is 174 g/mol. The van der Waals surface area contributed by atoms with Crippen molar-refractivity contribution in [3.63, 3.8) is 0 Å². The first-order valence-corrected chi connectivity index (χ1v) is 3.94. The molecule has 1 heterocycles. The summed E-state index contributed by atoms with van der Waals surface area (Å²) >= 11 is 0. The molecule has 2 unspecified atom stereocenters. The number of hydrogen-bond donors (Lipinski definition) is 3. The molecule has 1 amide bonds. The molecule has 0 aliphatic carbocycles. The molecule has 0 aromatic heterocycles. The standard InChI is InChI=1S/C7H14N2O3/c8-7(12)3-9-2-6(11)1-5(9)4-10/h5-6,10-11H,1-4H2,(H2,8,12).